The Hall–Kier alpha value is -4.59. The molecule has 1 N–H and O–H groups in total. The first-order valence-corrected chi connectivity index (χ1v) is 9.91. The fourth-order valence-electron chi connectivity index (χ4n) is 3.49. The number of amides is 1. The molecule has 0 radical (unpaired) electrons. The lowest BCUT2D eigenvalue weighted by Crippen LogP contribution is -2.27. The third-order valence-electron chi connectivity index (χ3n) is 4.95. The molecule has 0 unspecified atom stereocenters. The van der Waals surface area contributed by atoms with Gasteiger partial charge in [0, 0.05) is 35.1 Å². The van der Waals surface area contributed by atoms with Crippen LogP contribution in [0.3, 0.4) is 0 Å². The molecule has 0 atom stereocenters. The molecule has 156 valence electrons. The molecule has 0 saturated carbocycles. The highest BCUT2D eigenvalue weighted by atomic mass is 16.5. The molecule has 0 bridgehead atoms. The molecule has 0 aliphatic carbocycles. The molecule has 0 saturated heterocycles. The predicted octanol–water partition coefficient (Wildman–Crippen LogP) is 3.75. The summed E-state index contributed by atoms with van der Waals surface area (Å²) in [5.74, 6) is 0.300. The summed E-state index contributed by atoms with van der Waals surface area (Å²) in [7, 11) is 0. The summed E-state index contributed by atoms with van der Waals surface area (Å²) in [6, 6.07) is 21.4. The number of carbonyl (C=O) groups is 1. The molecule has 5 rings (SSSR count). The van der Waals surface area contributed by atoms with E-state index in [2.05, 4.69) is 20.4 Å². The van der Waals surface area contributed by atoms with Gasteiger partial charge in [0.1, 0.15) is 6.54 Å². The SMILES string of the molecule is O=C(Cn1c(=O)cc(-c2nc(-c3cccnc3)no2)c2ccccc21)Nc1ccccc1. The van der Waals surface area contributed by atoms with Gasteiger partial charge in [-0.05, 0) is 30.3 Å². The van der Waals surface area contributed by atoms with Gasteiger partial charge >= 0.3 is 0 Å². The van der Waals surface area contributed by atoms with Crippen LogP contribution in [0.2, 0.25) is 0 Å². The Bertz CT molecular complexity index is 1460. The third-order valence-corrected chi connectivity index (χ3v) is 4.95. The van der Waals surface area contributed by atoms with Crippen LogP contribution in [-0.2, 0) is 11.3 Å². The largest absolute Gasteiger partial charge is 0.334 e. The van der Waals surface area contributed by atoms with Gasteiger partial charge in [-0.25, -0.2) is 0 Å². The molecular weight excluding hydrogens is 406 g/mol. The normalized spacial score (nSPS) is 10.9. The summed E-state index contributed by atoms with van der Waals surface area (Å²) in [6.45, 7) is -0.126. The lowest BCUT2D eigenvalue weighted by molar-refractivity contribution is -0.116. The smallest absolute Gasteiger partial charge is 0.259 e. The fraction of sp³-hybridized carbons (Fsp3) is 0.0417. The third kappa shape index (κ3) is 3.77. The lowest BCUT2D eigenvalue weighted by Gasteiger charge is -2.12. The highest BCUT2D eigenvalue weighted by Gasteiger charge is 2.17. The van der Waals surface area contributed by atoms with E-state index in [0.29, 0.717) is 28.2 Å². The molecule has 5 aromatic rings. The summed E-state index contributed by atoms with van der Waals surface area (Å²) in [5.41, 5.74) is 2.13. The average molecular weight is 423 g/mol. The van der Waals surface area contributed by atoms with Crippen LogP contribution in [0.4, 0.5) is 5.69 Å². The lowest BCUT2D eigenvalue weighted by atomic mass is 10.1. The number of rotatable bonds is 5. The second-order valence-corrected chi connectivity index (χ2v) is 7.08. The minimum Gasteiger partial charge on any atom is -0.334 e. The maximum absolute atomic E-state index is 13.0. The Morgan fingerprint density at radius 1 is 1.00 bits per heavy atom. The average Bonchev–Trinajstić information content (AvgIpc) is 3.32. The minimum atomic E-state index is -0.344. The zero-order chi connectivity index (χ0) is 21.9. The summed E-state index contributed by atoms with van der Waals surface area (Å²) in [6.07, 6.45) is 3.29. The summed E-state index contributed by atoms with van der Waals surface area (Å²) in [4.78, 5) is 34.1. The Labute approximate surface area is 182 Å². The number of anilines is 1. The van der Waals surface area contributed by atoms with Crippen LogP contribution < -0.4 is 10.9 Å². The molecule has 0 aliphatic rings. The van der Waals surface area contributed by atoms with E-state index in [-0.39, 0.29) is 23.9 Å². The van der Waals surface area contributed by atoms with Crippen molar-refractivity contribution in [1.29, 1.82) is 0 Å². The van der Waals surface area contributed by atoms with Crippen molar-refractivity contribution in [2.45, 2.75) is 6.54 Å². The molecule has 8 heteroatoms. The molecule has 0 spiro atoms. The van der Waals surface area contributed by atoms with Crippen LogP contribution in [0.5, 0.6) is 0 Å². The Kier molecular flexibility index (Phi) is 5.01. The Morgan fingerprint density at radius 3 is 2.62 bits per heavy atom. The molecule has 8 nitrogen and oxygen atoms in total. The molecule has 0 aliphatic heterocycles. The Morgan fingerprint density at radius 2 is 1.81 bits per heavy atom. The highest BCUT2D eigenvalue weighted by molar-refractivity contribution is 5.95. The van der Waals surface area contributed by atoms with E-state index >= 15 is 0 Å². The molecule has 0 fully saturated rings. The van der Waals surface area contributed by atoms with E-state index in [9.17, 15) is 9.59 Å². The molecule has 3 heterocycles. The number of hydrogen-bond acceptors (Lipinski definition) is 6. The maximum atomic E-state index is 13.0. The van der Waals surface area contributed by atoms with Crippen molar-refractivity contribution in [1.82, 2.24) is 19.7 Å². The van der Waals surface area contributed by atoms with E-state index in [1.54, 1.807) is 36.7 Å². The Balaban J connectivity index is 1.53. The number of para-hydroxylation sites is 2. The second-order valence-electron chi connectivity index (χ2n) is 7.08. The van der Waals surface area contributed by atoms with Crippen molar-refractivity contribution >= 4 is 22.5 Å². The summed E-state index contributed by atoms with van der Waals surface area (Å²) < 4.78 is 6.88. The van der Waals surface area contributed by atoms with Crippen LogP contribution in [0.25, 0.3) is 33.7 Å². The first kappa shape index (κ1) is 19.4. The van der Waals surface area contributed by atoms with Gasteiger partial charge in [0.25, 0.3) is 11.4 Å². The quantitative estimate of drug-likeness (QED) is 0.462. The molecule has 3 aromatic heterocycles. The second kappa shape index (κ2) is 8.27. The van der Waals surface area contributed by atoms with Crippen LogP contribution in [0.15, 0.2) is 94.5 Å². The van der Waals surface area contributed by atoms with E-state index in [4.69, 9.17) is 4.52 Å². The number of hydrogen-bond donors (Lipinski definition) is 1. The van der Waals surface area contributed by atoms with Crippen molar-refractivity contribution in [3.05, 3.63) is 95.5 Å². The van der Waals surface area contributed by atoms with Gasteiger partial charge in [-0.3, -0.25) is 19.1 Å². The van der Waals surface area contributed by atoms with Gasteiger partial charge in [0.05, 0.1) is 11.1 Å². The first-order chi connectivity index (χ1) is 15.7. The number of fused-ring (bicyclic) bond motifs is 1. The monoisotopic (exact) mass is 423 g/mol. The van der Waals surface area contributed by atoms with Crippen molar-refractivity contribution < 1.29 is 9.32 Å². The first-order valence-electron chi connectivity index (χ1n) is 9.91. The number of carbonyl (C=O) groups excluding carboxylic acids is 1. The van der Waals surface area contributed by atoms with Gasteiger partial charge in [-0.1, -0.05) is 41.6 Å². The van der Waals surface area contributed by atoms with E-state index in [0.717, 1.165) is 5.39 Å². The summed E-state index contributed by atoms with van der Waals surface area (Å²) >= 11 is 0. The van der Waals surface area contributed by atoms with Crippen LogP contribution in [0.1, 0.15) is 0 Å². The highest BCUT2D eigenvalue weighted by Crippen LogP contribution is 2.27. The van der Waals surface area contributed by atoms with Crippen molar-refractivity contribution in [3.8, 4) is 22.8 Å². The van der Waals surface area contributed by atoms with E-state index in [1.165, 1.54) is 10.6 Å². The number of nitrogens with one attached hydrogen (secondary N) is 1. The van der Waals surface area contributed by atoms with Crippen LogP contribution in [0, 0.1) is 0 Å². The van der Waals surface area contributed by atoms with Crippen LogP contribution in [-0.4, -0.2) is 25.6 Å². The zero-order valence-corrected chi connectivity index (χ0v) is 16.8. The number of nitrogens with zero attached hydrogens (tertiary/aromatic N) is 4. The molecule has 2 aromatic carbocycles. The number of benzene rings is 2. The van der Waals surface area contributed by atoms with Crippen molar-refractivity contribution in [3.63, 3.8) is 0 Å². The molecular formula is C24H17N5O3. The van der Waals surface area contributed by atoms with Gasteiger partial charge in [-0.15, -0.1) is 0 Å². The van der Waals surface area contributed by atoms with Gasteiger partial charge < -0.3 is 9.84 Å². The zero-order valence-electron chi connectivity index (χ0n) is 16.8. The topological polar surface area (TPSA) is 103 Å². The van der Waals surface area contributed by atoms with Gasteiger partial charge in [0.2, 0.25) is 11.7 Å². The fourth-order valence-corrected chi connectivity index (χ4v) is 3.49. The maximum Gasteiger partial charge on any atom is 0.259 e. The van der Waals surface area contributed by atoms with Crippen molar-refractivity contribution in [2.24, 2.45) is 0 Å². The standard InChI is InChI=1S/C24H17N5O3/c30-21(26-17-8-2-1-3-9-17)15-29-20-11-5-4-10-18(20)19(13-22(29)31)24-27-23(28-32-24)16-7-6-12-25-14-16/h1-14H,15H2,(H,26,30). The van der Waals surface area contributed by atoms with Gasteiger partial charge in [-0.2, -0.15) is 4.98 Å². The number of pyridine rings is 2. The van der Waals surface area contributed by atoms with E-state index in [1.807, 2.05) is 42.5 Å². The predicted molar refractivity (Wildman–Crippen MR) is 120 cm³/mol. The van der Waals surface area contributed by atoms with Crippen molar-refractivity contribution in [2.75, 3.05) is 5.32 Å². The minimum absolute atomic E-state index is 0.126. The summed E-state index contributed by atoms with van der Waals surface area (Å²) in [5, 5.41) is 7.55. The van der Waals surface area contributed by atoms with Gasteiger partial charge in [0.15, 0.2) is 0 Å². The van der Waals surface area contributed by atoms with Crippen LogP contribution >= 0.6 is 0 Å². The molecule has 32 heavy (non-hydrogen) atoms. The van der Waals surface area contributed by atoms with E-state index < -0.39 is 0 Å². The number of aromatic nitrogens is 4. The molecule has 1 amide bonds.